The van der Waals surface area contributed by atoms with Crippen molar-refractivity contribution < 1.29 is 19.0 Å². The molecule has 0 spiro atoms. The fraction of sp³-hybridized carbons (Fsp3) is 0.263. The van der Waals surface area contributed by atoms with Gasteiger partial charge in [-0.25, -0.2) is 4.79 Å². The van der Waals surface area contributed by atoms with Crippen molar-refractivity contribution in [1.82, 2.24) is 0 Å². The number of carbonyl (C=O) groups is 1. The van der Waals surface area contributed by atoms with Gasteiger partial charge in [0.15, 0.2) is 18.1 Å². The number of carbonyl (C=O) groups excluding carboxylic acids is 1. The lowest BCUT2D eigenvalue weighted by Crippen LogP contribution is -2.15. The first kappa shape index (κ1) is 21.5. The molecule has 27 heavy (non-hydrogen) atoms. The molecular weight excluding hydrogens is 527 g/mol. The zero-order valence-electron chi connectivity index (χ0n) is 15.0. The second-order valence-corrected chi connectivity index (χ2v) is 7.31. The van der Waals surface area contributed by atoms with E-state index in [-0.39, 0.29) is 6.61 Å². The minimum atomic E-state index is -0.417. The Labute approximate surface area is 180 Å². The van der Waals surface area contributed by atoms with Gasteiger partial charge in [0.1, 0.15) is 0 Å². The maximum atomic E-state index is 11.5. The molecule has 0 bridgehead atoms. The highest BCUT2D eigenvalue weighted by atomic mass is 127. The first-order valence-corrected chi connectivity index (χ1v) is 10.2. The van der Waals surface area contributed by atoms with Crippen molar-refractivity contribution in [3.8, 4) is 11.5 Å². The Morgan fingerprint density at radius 3 is 2.59 bits per heavy atom. The molecule has 0 radical (unpaired) electrons. The maximum Gasteiger partial charge on any atom is 0.344 e. The van der Waals surface area contributed by atoms with E-state index in [0.29, 0.717) is 24.7 Å². The number of rotatable bonds is 9. The zero-order valence-corrected chi connectivity index (χ0v) is 18.7. The Hall–Kier alpha value is -1.81. The molecule has 0 heterocycles. The maximum absolute atomic E-state index is 11.5. The Bertz CT molecular complexity index is 797. The van der Waals surface area contributed by atoms with Crippen LogP contribution in [-0.2, 0) is 9.53 Å². The van der Waals surface area contributed by atoms with Crippen molar-refractivity contribution in [1.29, 1.82) is 0 Å². The van der Waals surface area contributed by atoms with Gasteiger partial charge in [-0.15, -0.1) is 0 Å². The van der Waals surface area contributed by atoms with Crippen LogP contribution in [0, 0.1) is 3.57 Å². The summed E-state index contributed by atoms with van der Waals surface area (Å²) in [4.78, 5) is 11.5. The van der Waals surface area contributed by atoms with Crippen molar-refractivity contribution in [2.45, 2.75) is 13.8 Å². The van der Waals surface area contributed by atoms with E-state index >= 15 is 0 Å². The lowest BCUT2D eigenvalue weighted by Gasteiger charge is -2.14. The topological polar surface area (TPSA) is 69.2 Å². The first-order chi connectivity index (χ1) is 13.0. The monoisotopic (exact) mass is 546 g/mol. The molecule has 6 nitrogen and oxygen atoms in total. The molecule has 0 amide bonds. The second-order valence-electron chi connectivity index (χ2n) is 5.23. The molecule has 0 atom stereocenters. The van der Waals surface area contributed by atoms with Gasteiger partial charge in [-0.1, -0.05) is 15.9 Å². The van der Waals surface area contributed by atoms with Gasteiger partial charge in [0.2, 0.25) is 0 Å². The molecule has 0 aromatic heterocycles. The lowest BCUT2D eigenvalue weighted by atomic mass is 10.2. The van der Waals surface area contributed by atoms with E-state index in [1.165, 1.54) is 0 Å². The van der Waals surface area contributed by atoms with E-state index in [0.717, 1.165) is 19.3 Å². The third kappa shape index (κ3) is 7.02. The average Bonchev–Trinajstić information content (AvgIpc) is 2.63. The number of nitrogens with zero attached hydrogens (tertiary/aromatic N) is 1. The van der Waals surface area contributed by atoms with Crippen molar-refractivity contribution in [3.05, 3.63) is 50.0 Å². The molecular formula is C19H20BrIN2O4. The van der Waals surface area contributed by atoms with Gasteiger partial charge in [0.05, 0.1) is 28.7 Å². The van der Waals surface area contributed by atoms with Crippen molar-refractivity contribution >= 4 is 56.4 Å². The number of nitrogens with one attached hydrogen (secondary N) is 1. The fourth-order valence-corrected chi connectivity index (χ4v) is 3.15. The minimum absolute atomic E-state index is 0.164. The Morgan fingerprint density at radius 2 is 1.93 bits per heavy atom. The number of ether oxygens (including phenoxy) is 3. The predicted molar refractivity (Wildman–Crippen MR) is 118 cm³/mol. The van der Waals surface area contributed by atoms with Gasteiger partial charge in [0, 0.05) is 4.47 Å². The second kappa shape index (κ2) is 11.1. The van der Waals surface area contributed by atoms with Crippen molar-refractivity contribution in [2.75, 3.05) is 25.2 Å². The molecule has 0 aliphatic heterocycles. The number of hydrogen-bond acceptors (Lipinski definition) is 6. The number of hydrazone groups is 1. The van der Waals surface area contributed by atoms with Crippen LogP contribution >= 0.6 is 38.5 Å². The SMILES string of the molecule is CCOC(=O)COc1c(I)cc(C=NNc2ccc(Br)cc2)cc1OCC. The van der Waals surface area contributed by atoms with Crippen LogP contribution in [0.1, 0.15) is 19.4 Å². The van der Waals surface area contributed by atoms with Gasteiger partial charge < -0.3 is 14.2 Å². The van der Waals surface area contributed by atoms with Crippen LogP contribution in [0.5, 0.6) is 11.5 Å². The molecule has 0 saturated heterocycles. The highest BCUT2D eigenvalue weighted by Gasteiger charge is 2.14. The third-order valence-corrected chi connectivity index (χ3v) is 4.55. The molecule has 8 heteroatoms. The Kier molecular flexibility index (Phi) is 8.86. The summed E-state index contributed by atoms with van der Waals surface area (Å²) in [5, 5.41) is 4.25. The molecule has 2 aromatic rings. The smallest absolute Gasteiger partial charge is 0.344 e. The quantitative estimate of drug-likeness (QED) is 0.211. The molecule has 2 aromatic carbocycles. The van der Waals surface area contributed by atoms with Gasteiger partial charge in [-0.3, -0.25) is 5.43 Å². The molecule has 144 valence electrons. The lowest BCUT2D eigenvalue weighted by molar-refractivity contribution is -0.145. The van der Waals surface area contributed by atoms with Crippen molar-refractivity contribution in [3.63, 3.8) is 0 Å². The van der Waals surface area contributed by atoms with E-state index in [1.807, 2.05) is 43.3 Å². The summed E-state index contributed by atoms with van der Waals surface area (Å²) in [6.45, 7) is 4.27. The summed E-state index contributed by atoms with van der Waals surface area (Å²) in [5.74, 6) is 0.655. The van der Waals surface area contributed by atoms with Crippen LogP contribution in [0.25, 0.3) is 0 Å². The van der Waals surface area contributed by atoms with E-state index < -0.39 is 5.97 Å². The Morgan fingerprint density at radius 1 is 1.19 bits per heavy atom. The summed E-state index contributed by atoms with van der Waals surface area (Å²) in [5.41, 5.74) is 4.69. The predicted octanol–water partition coefficient (Wildman–Crippen LogP) is 4.84. The summed E-state index contributed by atoms with van der Waals surface area (Å²) in [7, 11) is 0. The molecule has 2 rings (SSSR count). The highest BCUT2D eigenvalue weighted by molar-refractivity contribution is 14.1. The van der Waals surface area contributed by atoms with Crippen LogP contribution in [-0.4, -0.2) is 32.0 Å². The molecule has 0 unspecified atom stereocenters. The number of hydrogen-bond donors (Lipinski definition) is 1. The number of anilines is 1. The number of esters is 1. The first-order valence-electron chi connectivity index (χ1n) is 8.32. The molecule has 0 aliphatic carbocycles. The largest absolute Gasteiger partial charge is 0.490 e. The highest BCUT2D eigenvalue weighted by Crippen LogP contribution is 2.34. The average molecular weight is 547 g/mol. The molecule has 0 saturated carbocycles. The third-order valence-electron chi connectivity index (χ3n) is 3.22. The van der Waals surface area contributed by atoms with Gasteiger partial charge in [-0.2, -0.15) is 5.10 Å². The van der Waals surface area contributed by atoms with Crippen LogP contribution in [0.2, 0.25) is 0 Å². The normalized spacial score (nSPS) is 10.7. The summed E-state index contributed by atoms with van der Waals surface area (Å²) < 4.78 is 18.0. The van der Waals surface area contributed by atoms with Crippen LogP contribution in [0.4, 0.5) is 5.69 Å². The van der Waals surface area contributed by atoms with E-state index in [9.17, 15) is 4.79 Å². The zero-order chi connectivity index (χ0) is 19.6. The molecule has 0 fully saturated rings. The number of benzene rings is 2. The van der Waals surface area contributed by atoms with Gasteiger partial charge in [-0.05, 0) is 78.4 Å². The fourth-order valence-electron chi connectivity index (χ4n) is 2.11. The van der Waals surface area contributed by atoms with E-state index in [1.54, 1.807) is 13.1 Å². The van der Waals surface area contributed by atoms with Gasteiger partial charge >= 0.3 is 5.97 Å². The Balaban J connectivity index is 2.12. The number of halogens is 2. The molecule has 1 N–H and O–H groups in total. The van der Waals surface area contributed by atoms with Crippen LogP contribution in [0.15, 0.2) is 46.0 Å². The van der Waals surface area contributed by atoms with Crippen molar-refractivity contribution in [2.24, 2.45) is 5.10 Å². The summed E-state index contributed by atoms with van der Waals surface area (Å²) >= 11 is 5.54. The van der Waals surface area contributed by atoms with E-state index in [2.05, 4.69) is 49.0 Å². The van der Waals surface area contributed by atoms with Crippen LogP contribution in [0.3, 0.4) is 0 Å². The minimum Gasteiger partial charge on any atom is -0.490 e. The molecule has 0 aliphatic rings. The summed E-state index contributed by atoms with van der Waals surface area (Å²) in [6, 6.07) is 11.4. The van der Waals surface area contributed by atoms with Crippen LogP contribution < -0.4 is 14.9 Å². The van der Waals surface area contributed by atoms with E-state index in [4.69, 9.17) is 14.2 Å². The van der Waals surface area contributed by atoms with Gasteiger partial charge in [0.25, 0.3) is 0 Å². The standard InChI is InChI=1S/C19H20BrIN2O4/c1-3-25-17-10-13(11-22-23-15-7-5-14(20)6-8-15)9-16(21)19(17)27-12-18(24)26-4-2/h5-11,23H,3-4,12H2,1-2H3. The summed E-state index contributed by atoms with van der Waals surface area (Å²) in [6.07, 6.45) is 1.70.